The summed E-state index contributed by atoms with van der Waals surface area (Å²) in [5, 5.41) is 4.79. The molecule has 2 heteroatoms. The van der Waals surface area contributed by atoms with Gasteiger partial charge < -0.3 is 5.32 Å². The summed E-state index contributed by atoms with van der Waals surface area (Å²) in [6.07, 6.45) is 4.31. The van der Waals surface area contributed by atoms with Crippen LogP contribution in [0, 0.1) is 0 Å². The minimum atomic E-state index is 0.551. The number of nitrogens with zero attached hydrogens (tertiary/aromatic N) is 1. The molecule has 1 aliphatic rings. The van der Waals surface area contributed by atoms with Crippen LogP contribution in [0.25, 0.3) is 10.9 Å². The Morgan fingerprint density at radius 1 is 1.24 bits per heavy atom. The van der Waals surface area contributed by atoms with Crippen molar-refractivity contribution in [2.75, 3.05) is 11.9 Å². The smallest absolute Gasteiger partial charge is 0.0757 e. The summed E-state index contributed by atoms with van der Waals surface area (Å²) >= 11 is 0. The van der Waals surface area contributed by atoms with Crippen LogP contribution in [0.15, 0.2) is 24.4 Å². The van der Waals surface area contributed by atoms with Gasteiger partial charge in [-0.2, -0.15) is 0 Å². The number of rotatable bonds is 1. The molecule has 0 saturated carbocycles. The van der Waals surface area contributed by atoms with Crippen LogP contribution in [0.5, 0.6) is 0 Å². The number of benzene rings is 1. The molecule has 0 atom stereocenters. The Morgan fingerprint density at radius 2 is 2.12 bits per heavy atom. The molecule has 88 valence electrons. The Kier molecular flexibility index (Phi) is 2.50. The number of fused-ring (bicyclic) bond motifs is 3. The number of anilines is 1. The first-order valence-electron chi connectivity index (χ1n) is 6.41. The first-order valence-corrected chi connectivity index (χ1v) is 6.41. The molecule has 3 rings (SSSR count). The highest BCUT2D eigenvalue weighted by molar-refractivity contribution is 5.89. The fourth-order valence-corrected chi connectivity index (χ4v) is 2.71. The number of hydrogen-bond acceptors (Lipinski definition) is 2. The predicted octanol–water partition coefficient (Wildman–Crippen LogP) is 3.72. The Morgan fingerprint density at radius 3 is 2.94 bits per heavy atom. The molecule has 17 heavy (non-hydrogen) atoms. The minimum absolute atomic E-state index is 0.551. The van der Waals surface area contributed by atoms with E-state index in [0.29, 0.717) is 5.92 Å². The highest BCUT2D eigenvalue weighted by Gasteiger charge is 2.14. The summed E-state index contributed by atoms with van der Waals surface area (Å²) in [5.74, 6) is 0.551. The SMILES string of the molecule is CC(C)c1ccnc2c3c(ccc12)NCCC3. The van der Waals surface area contributed by atoms with E-state index in [-0.39, 0.29) is 0 Å². The zero-order valence-electron chi connectivity index (χ0n) is 10.5. The highest BCUT2D eigenvalue weighted by Crippen LogP contribution is 2.32. The minimum Gasteiger partial charge on any atom is -0.385 e. The van der Waals surface area contributed by atoms with Crippen molar-refractivity contribution in [2.45, 2.75) is 32.6 Å². The third kappa shape index (κ3) is 1.68. The lowest BCUT2D eigenvalue weighted by molar-refractivity contribution is 0.832. The third-order valence-electron chi connectivity index (χ3n) is 3.59. The summed E-state index contributed by atoms with van der Waals surface area (Å²) in [7, 11) is 0. The quantitative estimate of drug-likeness (QED) is 0.801. The number of pyridine rings is 1. The van der Waals surface area contributed by atoms with Crippen molar-refractivity contribution in [3.63, 3.8) is 0 Å². The second-order valence-electron chi connectivity index (χ2n) is 5.07. The van der Waals surface area contributed by atoms with Crippen LogP contribution in [-0.4, -0.2) is 11.5 Å². The Balaban J connectivity index is 2.30. The van der Waals surface area contributed by atoms with Gasteiger partial charge in [0.25, 0.3) is 0 Å². The van der Waals surface area contributed by atoms with Gasteiger partial charge in [-0.3, -0.25) is 4.98 Å². The monoisotopic (exact) mass is 226 g/mol. The molecule has 2 aromatic rings. The van der Waals surface area contributed by atoms with Gasteiger partial charge in [-0.15, -0.1) is 0 Å². The van der Waals surface area contributed by atoms with E-state index in [1.165, 1.54) is 34.1 Å². The molecule has 1 aliphatic heterocycles. The summed E-state index contributed by atoms with van der Waals surface area (Å²) in [6, 6.07) is 6.58. The van der Waals surface area contributed by atoms with E-state index >= 15 is 0 Å². The van der Waals surface area contributed by atoms with Crippen LogP contribution in [0.4, 0.5) is 5.69 Å². The van der Waals surface area contributed by atoms with E-state index in [4.69, 9.17) is 0 Å². The Hall–Kier alpha value is -1.57. The molecular weight excluding hydrogens is 208 g/mol. The van der Waals surface area contributed by atoms with Crippen LogP contribution in [0.1, 0.15) is 37.3 Å². The highest BCUT2D eigenvalue weighted by atomic mass is 14.9. The number of hydrogen-bond donors (Lipinski definition) is 1. The summed E-state index contributed by atoms with van der Waals surface area (Å²) in [5.41, 5.74) is 5.28. The van der Waals surface area contributed by atoms with E-state index in [2.05, 4.69) is 42.3 Å². The van der Waals surface area contributed by atoms with Gasteiger partial charge in [0, 0.05) is 29.4 Å². The van der Waals surface area contributed by atoms with Crippen molar-refractivity contribution >= 4 is 16.6 Å². The summed E-state index contributed by atoms with van der Waals surface area (Å²) in [4.78, 5) is 4.60. The molecule has 0 saturated heterocycles. The summed E-state index contributed by atoms with van der Waals surface area (Å²) < 4.78 is 0. The standard InChI is InChI=1S/C15H18N2/c1-10(2)11-7-9-17-15-12(11)5-6-14-13(15)4-3-8-16-14/h5-7,9-10,16H,3-4,8H2,1-2H3. The Bertz CT molecular complexity index is 558. The number of nitrogens with one attached hydrogen (secondary N) is 1. The van der Waals surface area contributed by atoms with E-state index in [1.54, 1.807) is 0 Å². The first kappa shape index (κ1) is 10.6. The molecule has 1 aromatic heterocycles. The topological polar surface area (TPSA) is 24.9 Å². The molecule has 0 unspecified atom stereocenters. The van der Waals surface area contributed by atoms with Crippen molar-refractivity contribution in [1.29, 1.82) is 0 Å². The molecule has 2 nitrogen and oxygen atoms in total. The van der Waals surface area contributed by atoms with Crippen LogP contribution < -0.4 is 5.32 Å². The fraction of sp³-hybridized carbons (Fsp3) is 0.400. The lowest BCUT2D eigenvalue weighted by Crippen LogP contribution is -2.12. The predicted molar refractivity (Wildman–Crippen MR) is 72.6 cm³/mol. The van der Waals surface area contributed by atoms with Crippen LogP contribution in [-0.2, 0) is 6.42 Å². The van der Waals surface area contributed by atoms with Crippen LogP contribution in [0.3, 0.4) is 0 Å². The zero-order valence-corrected chi connectivity index (χ0v) is 10.5. The molecule has 0 radical (unpaired) electrons. The van der Waals surface area contributed by atoms with E-state index in [1.807, 2.05) is 6.20 Å². The van der Waals surface area contributed by atoms with Crippen LogP contribution in [0.2, 0.25) is 0 Å². The average molecular weight is 226 g/mol. The number of aromatic nitrogens is 1. The van der Waals surface area contributed by atoms with Crippen molar-refractivity contribution in [3.8, 4) is 0 Å². The van der Waals surface area contributed by atoms with Crippen molar-refractivity contribution in [2.24, 2.45) is 0 Å². The Labute approximate surface area is 102 Å². The molecule has 0 spiro atoms. The van der Waals surface area contributed by atoms with Crippen molar-refractivity contribution in [3.05, 3.63) is 35.5 Å². The van der Waals surface area contributed by atoms with Gasteiger partial charge in [0.2, 0.25) is 0 Å². The van der Waals surface area contributed by atoms with Gasteiger partial charge >= 0.3 is 0 Å². The maximum atomic E-state index is 4.60. The van der Waals surface area contributed by atoms with E-state index in [9.17, 15) is 0 Å². The molecule has 0 bridgehead atoms. The average Bonchev–Trinajstić information content (AvgIpc) is 2.37. The molecular formula is C15H18N2. The molecule has 1 aromatic carbocycles. The van der Waals surface area contributed by atoms with E-state index in [0.717, 1.165) is 13.0 Å². The summed E-state index contributed by atoms with van der Waals surface area (Å²) in [6.45, 7) is 5.57. The van der Waals surface area contributed by atoms with E-state index < -0.39 is 0 Å². The van der Waals surface area contributed by atoms with Gasteiger partial charge in [-0.1, -0.05) is 19.9 Å². The third-order valence-corrected chi connectivity index (χ3v) is 3.59. The zero-order chi connectivity index (χ0) is 11.8. The maximum Gasteiger partial charge on any atom is 0.0757 e. The fourth-order valence-electron chi connectivity index (χ4n) is 2.71. The molecule has 0 fully saturated rings. The second-order valence-corrected chi connectivity index (χ2v) is 5.07. The lowest BCUT2D eigenvalue weighted by Gasteiger charge is -2.20. The van der Waals surface area contributed by atoms with Gasteiger partial charge in [0.05, 0.1) is 5.52 Å². The molecule has 0 aliphatic carbocycles. The van der Waals surface area contributed by atoms with Gasteiger partial charge in [-0.05, 0) is 36.5 Å². The maximum absolute atomic E-state index is 4.60. The second kappa shape index (κ2) is 4.02. The number of aryl methyl sites for hydroxylation is 1. The molecule has 0 amide bonds. The molecule has 2 heterocycles. The normalized spacial score (nSPS) is 14.8. The largest absolute Gasteiger partial charge is 0.385 e. The van der Waals surface area contributed by atoms with Crippen molar-refractivity contribution < 1.29 is 0 Å². The first-order chi connectivity index (χ1) is 8.27. The van der Waals surface area contributed by atoms with Crippen molar-refractivity contribution in [1.82, 2.24) is 4.98 Å². The van der Waals surface area contributed by atoms with Gasteiger partial charge in [0.1, 0.15) is 0 Å². The van der Waals surface area contributed by atoms with Crippen LogP contribution >= 0.6 is 0 Å². The lowest BCUT2D eigenvalue weighted by atomic mass is 9.94. The van der Waals surface area contributed by atoms with Gasteiger partial charge in [-0.25, -0.2) is 0 Å². The molecule has 1 N–H and O–H groups in total. The van der Waals surface area contributed by atoms with Gasteiger partial charge in [0.15, 0.2) is 0 Å².